The van der Waals surface area contributed by atoms with E-state index in [1.165, 1.54) is 0 Å². The van der Waals surface area contributed by atoms with E-state index < -0.39 is 5.97 Å². The maximum Gasteiger partial charge on any atom is 0.335 e. The standard InChI is InChI=1S/C16H17BrN2O2/c1-4-13-7-11(16(20)21)8-14(18-13)19-15-9(2)5-12(17)6-10(15)3/h5-8H,4H2,1-3H3,(H,18,19)(H,20,21). The highest BCUT2D eigenvalue weighted by molar-refractivity contribution is 9.10. The number of carbonyl (C=O) groups is 1. The lowest BCUT2D eigenvalue weighted by Crippen LogP contribution is -2.04. The van der Waals surface area contributed by atoms with Crippen molar-refractivity contribution < 1.29 is 9.90 Å². The molecule has 0 spiro atoms. The van der Waals surface area contributed by atoms with E-state index in [4.69, 9.17) is 0 Å². The van der Waals surface area contributed by atoms with Gasteiger partial charge in [-0.05, 0) is 55.7 Å². The van der Waals surface area contributed by atoms with Crippen LogP contribution in [0.25, 0.3) is 0 Å². The highest BCUT2D eigenvalue weighted by atomic mass is 79.9. The number of aryl methyl sites for hydroxylation is 3. The monoisotopic (exact) mass is 348 g/mol. The second-order valence-corrected chi connectivity index (χ2v) is 5.85. The minimum Gasteiger partial charge on any atom is -0.478 e. The number of hydrogen-bond acceptors (Lipinski definition) is 3. The summed E-state index contributed by atoms with van der Waals surface area (Å²) in [6, 6.07) is 7.19. The van der Waals surface area contributed by atoms with E-state index in [9.17, 15) is 9.90 Å². The Bertz CT molecular complexity index is 676. The fourth-order valence-corrected chi connectivity index (χ4v) is 2.88. The van der Waals surface area contributed by atoms with Crippen molar-refractivity contribution in [3.8, 4) is 0 Å². The van der Waals surface area contributed by atoms with E-state index in [1.54, 1.807) is 12.1 Å². The minimum absolute atomic E-state index is 0.247. The van der Waals surface area contributed by atoms with Gasteiger partial charge < -0.3 is 10.4 Å². The van der Waals surface area contributed by atoms with E-state index in [1.807, 2.05) is 32.9 Å². The Labute approximate surface area is 132 Å². The van der Waals surface area contributed by atoms with Gasteiger partial charge in [-0.1, -0.05) is 22.9 Å². The summed E-state index contributed by atoms with van der Waals surface area (Å²) in [5, 5.41) is 12.4. The number of halogens is 1. The summed E-state index contributed by atoms with van der Waals surface area (Å²) in [7, 11) is 0. The maximum absolute atomic E-state index is 11.2. The molecule has 110 valence electrons. The van der Waals surface area contributed by atoms with Crippen molar-refractivity contribution in [2.75, 3.05) is 5.32 Å². The Kier molecular flexibility index (Phi) is 4.63. The Balaban J connectivity index is 2.44. The van der Waals surface area contributed by atoms with Crippen molar-refractivity contribution in [2.24, 2.45) is 0 Å². The van der Waals surface area contributed by atoms with Crippen molar-refractivity contribution in [2.45, 2.75) is 27.2 Å². The second kappa shape index (κ2) is 6.26. The van der Waals surface area contributed by atoms with Crippen LogP contribution in [0.15, 0.2) is 28.7 Å². The average molecular weight is 349 g/mol. The fraction of sp³-hybridized carbons (Fsp3) is 0.250. The molecule has 1 aromatic carbocycles. The van der Waals surface area contributed by atoms with E-state index in [-0.39, 0.29) is 5.56 Å². The summed E-state index contributed by atoms with van der Waals surface area (Å²) in [5.74, 6) is -0.389. The predicted octanol–water partition coefficient (Wildman–Crippen LogP) is 4.47. The number of hydrogen-bond donors (Lipinski definition) is 2. The number of aromatic carboxylic acids is 1. The number of carboxylic acids is 1. The van der Waals surface area contributed by atoms with Gasteiger partial charge >= 0.3 is 5.97 Å². The van der Waals surface area contributed by atoms with Crippen molar-refractivity contribution >= 4 is 33.4 Å². The van der Waals surface area contributed by atoms with Gasteiger partial charge in [0.25, 0.3) is 0 Å². The van der Waals surface area contributed by atoms with Gasteiger partial charge in [0.15, 0.2) is 0 Å². The lowest BCUT2D eigenvalue weighted by atomic mass is 10.1. The Morgan fingerprint density at radius 3 is 2.38 bits per heavy atom. The number of nitrogens with one attached hydrogen (secondary N) is 1. The molecule has 0 aliphatic heterocycles. The van der Waals surface area contributed by atoms with E-state index in [0.29, 0.717) is 12.2 Å². The first-order valence-electron chi connectivity index (χ1n) is 6.68. The largest absolute Gasteiger partial charge is 0.478 e. The first-order valence-corrected chi connectivity index (χ1v) is 7.48. The summed E-state index contributed by atoms with van der Waals surface area (Å²) >= 11 is 3.46. The predicted molar refractivity (Wildman–Crippen MR) is 87.5 cm³/mol. The molecule has 0 fully saturated rings. The van der Waals surface area contributed by atoms with Gasteiger partial charge in [0.1, 0.15) is 5.82 Å². The molecule has 2 N–H and O–H groups in total. The van der Waals surface area contributed by atoms with Crippen molar-refractivity contribution in [3.05, 3.63) is 51.1 Å². The molecule has 0 unspecified atom stereocenters. The third-order valence-electron chi connectivity index (χ3n) is 3.24. The summed E-state index contributed by atoms with van der Waals surface area (Å²) in [6.45, 7) is 5.96. The van der Waals surface area contributed by atoms with Crippen LogP contribution < -0.4 is 5.32 Å². The molecule has 2 rings (SSSR count). The van der Waals surface area contributed by atoms with Gasteiger partial charge in [-0.3, -0.25) is 0 Å². The quantitative estimate of drug-likeness (QED) is 0.855. The molecule has 1 aromatic heterocycles. The van der Waals surface area contributed by atoms with Crippen LogP contribution in [0, 0.1) is 13.8 Å². The number of pyridine rings is 1. The molecule has 2 aromatic rings. The number of carboxylic acid groups (broad SMARTS) is 1. The summed E-state index contributed by atoms with van der Waals surface area (Å²) in [4.78, 5) is 15.6. The van der Waals surface area contributed by atoms with Crippen LogP contribution in [0.4, 0.5) is 11.5 Å². The Hall–Kier alpha value is -1.88. The van der Waals surface area contributed by atoms with Gasteiger partial charge in [-0.15, -0.1) is 0 Å². The smallest absolute Gasteiger partial charge is 0.335 e. The molecule has 4 nitrogen and oxygen atoms in total. The van der Waals surface area contributed by atoms with Crippen LogP contribution in [0.1, 0.15) is 34.1 Å². The number of benzene rings is 1. The van der Waals surface area contributed by atoms with E-state index in [0.717, 1.165) is 27.0 Å². The number of aromatic nitrogens is 1. The Morgan fingerprint density at radius 2 is 1.86 bits per heavy atom. The molecule has 1 heterocycles. The molecule has 0 saturated heterocycles. The van der Waals surface area contributed by atoms with Crippen molar-refractivity contribution in [1.29, 1.82) is 0 Å². The van der Waals surface area contributed by atoms with Crippen LogP contribution in [0.5, 0.6) is 0 Å². The van der Waals surface area contributed by atoms with Gasteiger partial charge in [-0.25, -0.2) is 9.78 Å². The maximum atomic E-state index is 11.2. The molecular formula is C16H17BrN2O2. The third kappa shape index (κ3) is 3.61. The zero-order valence-corrected chi connectivity index (χ0v) is 13.8. The van der Waals surface area contributed by atoms with Crippen LogP contribution >= 0.6 is 15.9 Å². The van der Waals surface area contributed by atoms with Crippen LogP contribution in [-0.4, -0.2) is 16.1 Å². The van der Waals surface area contributed by atoms with E-state index in [2.05, 4.69) is 26.2 Å². The minimum atomic E-state index is -0.945. The zero-order valence-electron chi connectivity index (χ0n) is 12.2. The highest BCUT2D eigenvalue weighted by Crippen LogP contribution is 2.28. The van der Waals surface area contributed by atoms with Crippen molar-refractivity contribution in [1.82, 2.24) is 4.98 Å². The third-order valence-corrected chi connectivity index (χ3v) is 3.70. The van der Waals surface area contributed by atoms with Gasteiger partial charge in [0, 0.05) is 15.9 Å². The highest BCUT2D eigenvalue weighted by Gasteiger charge is 2.10. The first-order chi connectivity index (χ1) is 9.90. The number of nitrogens with zero attached hydrogens (tertiary/aromatic N) is 1. The number of rotatable bonds is 4. The molecular weight excluding hydrogens is 332 g/mol. The molecule has 0 amide bonds. The van der Waals surface area contributed by atoms with Crippen LogP contribution in [-0.2, 0) is 6.42 Å². The molecule has 0 aliphatic rings. The van der Waals surface area contributed by atoms with Gasteiger partial charge in [0.05, 0.1) is 5.56 Å². The van der Waals surface area contributed by atoms with E-state index >= 15 is 0 Å². The summed E-state index contributed by atoms with van der Waals surface area (Å²) < 4.78 is 1.02. The molecule has 5 heteroatoms. The summed E-state index contributed by atoms with van der Waals surface area (Å²) in [5.41, 5.74) is 4.10. The Morgan fingerprint density at radius 1 is 1.24 bits per heavy atom. The lowest BCUT2D eigenvalue weighted by Gasteiger charge is -2.14. The number of anilines is 2. The average Bonchev–Trinajstić information content (AvgIpc) is 2.42. The van der Waals surface area contributed by atoms with Gasteiger partial charge in [-0.2, -0.15) is 0 Å². The SMILES string of the molecule is CCc1cc(C(=O)O)cc(Nc2c(C)cc(Br)cc2C)n1. The van der Waals surface area contributed by atoms with Crippen molar-refractivity contribution in [3.63, 3.8) is 0 Å². The van der Waals surface area contributed by atoms with Crippen LogP contribution in [0.2, 0.25) is 0 Å². The molecule has 0 aliphatic carbocycles. The normalized spacial score (nSPS) is 10.5. The second-order valence-electron chi connectivity index (χ2n) is 4.93. The molecule has 0 saturated carbocycles. The lowest BCUT2D eigenvalue weighted by molar-refractivity contribution is 0.0696. The molecule has 0 atom stereocenters. The zero-order chi connectivity index (χ0) is 15.6. The van der Waals surface area contributed by atoms with Gasteiger partial charge in [0.2, 0.25) is 0 Å². The molecule has 0 bridgehead atoms. The molecule has 21 heavy (non-hydrogen) atoms. The van der Waals surface area contributed by atoms with Crippen LogP contribution in [0.3, 0.4) is 0 Å². The fourth-order valence-electron chi connectivity index (χ4n) is 2.19. The molecule has 0 radical (unpaired) electrons. The topological polar surface area (TPSA) is 62.2 Å². The first kappa shape index (κ1) is 15.5. The summed E-state index contributed by atoms with van der Waals surface area (Å²) in [6.07, 6.45) is 0.689.